The van der Waals surface area contributed by atoms with Crippen molar-refractivity contribution in [1.82, 2.24) is 0 Å². The summed E-state index contributed by atoms with van der Waals surface area (Å²) in [6.07, 6.45) is 85.5. The fourth-order valence-corrected chi connectivity index (χ4v) is 8.99. The minimum atomic E-state index is -0.784. The number of hydrogen-bond donors (Lipinski definition) is 0. The molecule has 0 saturated heterocycles. The fourth-order valence-electron chi connectivity index (χ4n) is 8.99. The Kier molecular flexibility index (Phi) is 60.8. The Labute approximate surface area is 470 Å². The summed E-state index contributed by atoms with van der Waals surface area (Å²) in [6, 6.07) is 0. The zero-order chi connectivity index (χ0) is 55.0. The minimum Gasteiger partial charge on any atom is -0.462 e. The van der Waals surface area contributed by atoms with E-state index in [0.717, 1.165) is 116 Å². The Balaban J connectivity index is 4.28. The van der Waals surface area contributed by atoms with Gasteiger partial charge in [-0.25, -0.2) is 0 Å². The van der Waals surface area contributed by atoms with Gasteiger partial charge in [0.05, 0.1) is 0 Å². The van der Waals surface area contributed by atoms with Crippen LogP contribution in [0.4, 0.5) is 0 Å². The standard InChI is InChI=1S/C70H120O6/c1-4-7-10-13-16-19-22-25-28-29-30-31-32-33-34-35-36-37-38-39-40-41-43-45-48-51-54-57-60-63-69(72)75-66-67(65-74-68(71)62-59-56-53-50-47-44-27-24-21-18-15-12-9-6-3)76-70(73)64-61-58-55-52-49-46-42-26-23-20-17-14-11-8-5-2/h7,10,15-16,18-19,24-25,27-28,30-31,33-34,36-37,67H,4-6,8-9,11-14,17,20-23,26,29,32,35,38-66H2,1-3H3/b10-7-,18-15-,19-16-,27-24-,28-25-,31-30-,34-33-,37-36-. The van der Waals surface area contributed by atoms with Crippen molar-refractivity contribution in [3.63, 3.8) is 0 Å². The molecular formula is C70H120O6. The first-order chi connectivity index (χ1) is 37.5. The Morgan fingerprint density at radius 3 is 0.842 bits per heavy atom. The summed E-state index contributed by atoms with van der Waals surface area (Å²) < 4.78 is 16.9. The van der Waals surface area contributed by atoms with E-state index < -0.39 is 6.10 Å². The number of carbonyl (C=O) groups is 3. The average Bonchev–Trinajstić information content (AvgIpc) is 3.42. The summed E-state index contributed by atoms with van der Waals surface area (Å²) in [7, 11) is 0. The summed E-state index contributed by atoms with van der Waals surface area (Å²) in [5.74, 6) is -0.888. The van der Waals surface area contributed by atoms with Crippen LogP contribution in [0.15, 0.2) is 97.2 Å². The van der Waals surface area contributed by atoms with Crippen molar-refractivity contribution < 1.29 is 28.6 Å². The SMILES string of the molecule is CC/C=C\C/C=C\C/C=C\C/C=C\C/C=C\C/C=C\CCCCCCCCCCCCC(=O)OCC(COC(=O)CCCCCCC/C=C\C/C=C\CCCC)OC(=O)CCCCCCCCCCCCCCCCC. The maximum Gasteiger partial charge on any atom is 0.306 e. The van der Waals surface area contributed by atoms with Gasteiger partial charge < -0.3 is 14.2 Å². The molecule has 1 atom stereocenters. The normalized spacial score (nSPS) is 12.7. The molecule has 1 unspecified atom stereocenters. The van der Waals surface area contributed by atoms with E-state index in [2.05, 4.69) is 118 Å². The van der Waals surface area contributed by atoms with E-state index in [1.807, 2.05) is 0 Å². The van der Waals surface area contributed by atoms with Crippen LogP contribution in [0, 0.1) is 0 Å². The molecule has 0 spiro atoms. The number of unbranched alkanes of at least 4 members (excludes halogenated alkanes) is 31. The number of hydrogen-bond acceptors (Lipinski definition) is 6. The van der Waals surface area contributed by atoms with Crippen LogP contribution < -0.4 is 0 Å². The second-order valence-electron chi connectivity index (χ2n) is 21.3. The number of rotatable bonds is 58. The van der Waals surface area contributed by atoms with Gasteiger partial charge in [-0.15, -0.1) is 0 Å². The quantitative estimate of drug-likeness (QED) is 0.0261. The molecule has 0 rings (SSSR count). The maximum atomic E-state index is 12.9. The molecule has 0 radical (unpaired) electrons. The number of esters is 3. The highest BCUT2D eigenvalue weighted by Crippen LogP contribution is 2.16. The van der Waals surface area contributed by atoms with E-state index in [4.69, 9.17) is 14.2 Å². The summed E-state index contributed by atoms with van der Waals surface area (Å²) in [5.41, 5.74) is 0. The highest BCUT2D eigenvalue weighted by molar-refractivity contribution is 5.71. The van der Waals surface area contributed by atoms with Gasteiger partial charge >= 0.3 is 17.9 Å². The lowest BCUT2D eigenvalue weighted by molar-refractivity contribution is -0.167. The summed E-state index contributed by atoms with van der Waals surface area (Å²) >= 11 is 0. The third kappa shape index (κ3) is 61.2. The highest BCUT2D eigenvalue weighted by Gasteiger charge is 2.19. The van der Waals surface area contributed by atoms with E-state index in [1.54, 1.807) is 0 Å². The van der Waals surface area contributed by atoms with Crippen LogP contribution in [0.25, 0.3) is 0 Å². The van der Waals surface area contributed by atoms with Crippen LogP contribution in [0.5, 0.6) is 0 Å². The molecule has 0 aromatic rings. The van der Waals surface area contributed by atoms with Crippen LogP contribution in [0.3, 0.4) is 0 Å². The fraction of sp³-hybridized carbons (Fsp3) is 0.729. The lowest BCUT2D eigenvalue weighted by Crippen LogP contribution is -2.30. The number of allylic oxidation sites excluding steroid dienone is 16. The van der Waals surface area contributed by atoms with E-state index in [0.29, 0.717) is 19.3 Å². The molecule has 0 bridgehead atoms. The van der Waals surface area contributed by atoms with Crippen molar-refractivity contribution in [3.8, 4) is 0 Å². The van der Waals surface area contributed by atoms with Crippen molar-refractivity contribution >= 4 is 17.9 Å². The van der Waals surface area contributed by atoms with Gasteiger partial charge in [0.2, 0.25) is 0 Å². The number of carbonyl (C=O) groups excluding carboxylic acids is 3. The molecule has 6 heteroatoms. The summed E-state index contributed by atoms with van der Waals surface area (Å²) in [5, 5.41) is 0. The van der Waals surface area contributed by atoms with Crippen LogP contribution in [0.2, 0.25) is 0 Å². The average molecular weight is 1060 g/mol. The zero-order valence-electron chi connectivity index (χ0n) is 50.0. The molecule has 0 heterocycles. The largest absolute Gasteiger partial charge is 0.462 e. The second kappa shape index (κ2) is 63.9. The predicted octanol–water partition coefficient (Wildman–Crippen LogP) is 22.0. The van der Waals surface area contributed by atoms with Crippen LogP contribution in [-0.4, -0.2) is 37.2 Å². The van der Waals surface area contributed by atoms with Crippen molar-refractivity contribution in [2.24, 2.45) is 0 Å². The summed E-state index contributed by atoms with van der Waals surface area (Å²) in [6.45, 7) is 6.50. The van der Waals surface area contributed by atoms with Crippen LogP contribution in [-0.2, 0) is 28.6 Å². The van der Waals surface area contributed by atoms with Gasteiger partial charge in [0.25, 0.3) is 0 Å². The van der Waals surface area contributed by atoms with E-state index in [-0.39, 0.29) is 31.1 Å². The topological polar surface area (TPSA) is 78.9 Å². The van der Waals surface area contributed by atoms with Gasteiger partial charge in [0, 0.05) is 19.3 Å². The van der Waals surface area contributed by atoms with Crippen molar-refractivity contribution in [2.45, 2.75) is 316 Å². The highest BCUT2D eigenvalue weighted by atomic mass is 16.6. The van der Waals surface area contributed by atoms with E-state index in [9.17, 15) is 14.4 Å². The van der Waals surface area contributed by atoms with Gasteiger partial charge in [0.15, 0.2) is 6.10 Å². The second-order valence-corrected chi connectivity index (χ2v) is 21.3. The van der Waals surface area contributed by atoms with Gasteiger partial charge in [0.1, 0.15) is 13.2 Å². The Hall–Kier alpha value is -3.67. The molecule has 436 valence electrons. The van der Waals surface area contributed by atoms with Gasteiger partial charge in [-0.1, -0.05) is 291 Å². The van der Waals surface area contributed by atoms with Crippen LogP contribution in [0.1, 0.15) is 310 Å². The molecule has 0 aromatic heterocycles. The third-order valence-corrected chi connectivity index (χ3v) is 13.8. The van der Waals surface area contributed by atoms with E-state index in [1.165, 1.54) is 154 Å². The van der Waals surface area contributed by atoms with E-state index >= 15 is 0 Å². The lowest BCUT2D eigenvalue weighted by Gasteiger charge is -2.18. The smallest absolute Gasteiger partial charge is 0.306 e. The lowest BCUT2D eigenvalue weighted by atomic mass is 10.0. The summed E-state index contributed by atoms with van der Waals surface area (Å²) in [4.78, 5) is 38.3. The van der Waals surface area contributed by atoms with Crippen molar-refractivity contribution in [1.29, 1.82) is 0 Å². The van der Waals surface area contributed by atoms with Gasteiger partial charge in [-0.2, -0.15) is 0 Å². The molecule has 0 N–H and O–H groups in total. The molecule has 0 aliphatic heterocycles. The van der Waals surface area contributed by atoms with Gasteiger partial charge in [-0.05, 0) is 96.3 Å². The minimum absolute atomic E-state index is 0.0817. The Morgan fingerprint density at radius 2 is 0.526 bits per heavy atom. The van der Waals surface area contributed by atoms with Crippen molar-refractivity contribution in [3.05, 3.63) is 97.2 Å². The molecule has 0 aromatic carbocycles. The third-order valence-electron chi connectivity index (χ3n) is 13.8. The van der Waals surface area contributed by atoms with Crippen LogP contribution >= 0.6 is 0 Å². The molecule has 0 amide bonds. The predicted molar refractivity (Wildman–Crippen MR) is 330 cm³/mol. The molecule has 0 fully saturated rings. The molecule has 0 saturated carbocycles. The first kappa shape index (κ1) is 72.3. The molecule has 0 aliphatic carbocycles. The monoisotopic (exact) mass is 1060 g/mol. The first-order valence-electron chi connectivity index (χ1n) is 32.2. The Bertz CT molecular complexity index is 1490. The van der Waals surface area contributed by atoms with Crippen molar-refractivity contribution in [2.75, 3.05) is 13.2 Å². The zero-order valence-corrected chi connectivity index (χ0v) is 50.0. The number of ether oxygens (including phenoxy) is 3. The molecule has 6 nitrogen and oxygen atoms in total. The first-order valence-corrected chi connectivity index (χ1v) is 32.2. The van der Waals surface area contributed by atoms with Gasteiger partial charge in [-0.3, -0.25) is 14.4 Å². The molecular weight excluding hydrogens is 937 g/mol. The molecule has 76 heavy (non-hydrogen) atoms. The Morgan fingerprint density at radius 1 is 0.276 bits per heavy atom. The maximum absolute atomic E-state index is 12.9. The molecule has 0 aliphatic rings.